The Hall–Kier alpha value is -1.08. The standard InChI is InChI=1S/C15H21ClN2O4/c16-14-2-1-13(22-14)15(19)17-9-12(11-3-6-21-10-11)18-4-7-20-8-5-18/h1-2,11-12H,3-10H2,(H,17,19)/t11-,12-/m1/s1. The molecule has 2 aliphatic rings. The quantitative estimate of drug-likeness (QED) is 0.885. The van der Waals surface area contributed by atoms with Gasteiger partial charge in [0.1, 0.15) is 0 Å². The van der Waals surface area contributed by atoms with Gasteiger partial charge < -0.3 is 19.2 Å². The highest BCUT2D eigenvalue weighted by Crippen LogP contribution is 2.22. The van der Waals surface area contributed by atoms with Gasteiger partial charge in [-0.2, -0.15) is 0 Å². The molecule has 3 heterocycles. The van der Waals surface area contributed by atoms with Gasteiger partial charge in [-0.3, -0.25) is 9.69 Å². The van der Waals surface area contributed by atoms with Crippen LogP contribution in [0.5, 0.6) is 0 Å². The number of carbonyl (C=O) groups excluding carboxylic acids is 1. The van der Waals surface area contributed by atoms with Crippen molar-refractivity contribution in [2.24, 2.45) is 5.92 Å². The van der Waals surface area contributed by atoms with Crippen LogP contribution in [0.25, 0.3) is 0 Å². The van der Waals surface area contributed by atoms with E-state index in [0.29, 0.717) is 12.5 Å². The van der Waals surface area contributed by atoms with Gasteiger partial charge in [0, 0.05) is 38.2 Å². The van der Waals surface area contributed by atoms with Crippen molar-refractivity contribution in [1.82, 2.24) is 10.2 Å². The molecular formula is C15H21ClN2O4. The largest absolute Gasteiger partial charge is 0.440 e. The maximum atomic E-state index is 12.1. The summed E-state index contributed by atoms with van der Waals surface area (Å²) < 4.78 is 16.1. The predicted octanol–water partition coefficient (Wildman–Crippen LogP) is 1.40. The number of carbonyl (C=O) groups is 1. The molecule has 3 rings (SSSR count). The summed E-state index contributed by atoms with van der Waals surface area (Å²) in [5.41, 5.74) is 0. The first-order chi connectivity index (χ1) is 10.7. The van der Waals surface area contributed by atoms with Gasteiger partial charge in [0.2, 0.25) is 0 Å². The maximum Gasteiger partial charge on any atom is 0.287 e. The molecule has 6 nitrogen and oxygen atoms in total. The number of amides is 1. The number of hydrogen-bond acceptors (Lipinski definition) is 5. The lowest BCUT2D eigenvalue weighted by molar-refractivity contribution is 0.00160. The lowest BCUT2D eigenvalue weighted by atomic mass is 9.97. The summed E-state index contributed by atoms with van der Waals surface area (Å²) in [6.45, 7) is 5.40. The first-order valence-corrected chi connectivity index (χ1v) is 8.05. The summed E-state index contributed by atoms with van der Waals surface area (Å²) in [5, 5.41) is 3.18. The second-order valence-electron chi connectivity index (χ2n) is 5.65. The molecule has 1 aromatic heterocycles. The van der Waals surface area contributed by atoms with Gasteiger partial charge in [-0.15, -0.1) is 0 Å². The van der Waals surface area contributed by atoms with Crippen LogP contribution in [0, 0.1) is 5.92 Å². The van der Waals surface area contributed by atoms with E-state index in [9.17, 15) is 4.79 Å². The van der Waals surface area contributed by atoms with E-state index in [1.54, 1.807) is 12.1 Å². The van der Waals surface area contributed by atoms with E-state index in [1.165, 1.54) is 0 Å². The molecule has 2 aliphatic heterocycles. The van der Waals surface area contributed by atoms with Crippen molar-refractivity contribution in [1.29, 1.82) is 0 Å². The van der Waals surface area contributed by atoms with Crippen LogP contribution in [-0.4, -0.2) is 62.9 Å². The van der Waals surface area contributed by atoms with Crippen molar-refractivity contribution in [2.75, 3.05) is 46.1 Å². The van der Waals surface area contributed by atoms with E-state index in [-0.39, 0.29) is 22.9 Å². The molecule has 122 valence electrons. The Morgan fingerprint density at radius 2 is 2.14 bits per heavy atom. The van der Waals surface area contributed by atoms with Crippen LogP contribution in [0.4, 0.5) is 0 Å². The van der Waals surface area contributed by atoms with Gasteiger partial charge in [0.25, 0.3) is 5.91 Å². The van der Waals surface area contributed by atoms with E-state index in [4.69, 9.17) is 25.5 Å². The Kier molecular flexibility index (Phi) is 5.36. The van der Waals surface area contributed by atoms with Crippen molar-refractivity contribution < 1.29 is 18.7 Å². The van der Waals surface area contributed by atoms with Crippen LogP contribution in [0.3, 0.4) is 0 Å². The second kappa shape index (κ2) is 7.46. The average Bonchev–Trinajstić information content (AvgIpc) is 3.20. The molecule has 0 radical (unpaired) electrons. The van der Waals surface area contributed by atoms with Crippen LogP contribution in [0.1, 0.15) is 17.0 Å². The summed E-state index contributed by atoms with van der Waals surface area (Å²) >= 11 is 5.71. The van der Waals surface area contributed by atoms with Crippen LogP contribution in [0.2, 0.25) is 5.22 Å². The number of nitrogens with one attached hydrogen (secondary N) is 1. The van der Waals surface area contributed by atoms with Crippen LogP contribution in [-0.2, 0) is 9.47 Å². The van der Waals surface area contributed by atoms with E-state index in [2.05, 4.69) is 10.2 Å². The van der Waals surface area contributed by atoms with Crippen molar-refractivity contribution in [3.8, 4) is 0 Å². The minimum Gasteiger partial charge on any atom is -0.440 e. The first kappa shape index (κ1) is 15.8. The fourth-order valence-electron chi connectivity index (χ4n) is 3.08. The second-order valence-corrected chi connectivity index (χ2v) is 6.03. The number of hydrogen-bond donors (Lipinski definition) is 1. The zero-order valence-electron chi connectivity index (χ0n) is 12.4. The van der Waals surface area contributed by atoms with E-state index >= 15 is 0 Å². The molecule has 2 atom stereocenters. The van der Waals surface area contributed by atoms with E-state index in [1.807, 2.05) is 0 Å². The zero-order chi connectivity index (χ0) is 15.4. The Morgan fingerprint density at radius 1 is 1.32 bits per heavy atom. The Morgan fingerprint density at radius 3 is 2.77 bits per heavy atom. The van der Waals surface area contributed by atoms with Gasteiger partial charge in [-0.05, 0) is 30.2 Å². The Labute approximate surface area is 134 Å². The summed E-state index contributed by atoms with van der Waals surface area (Å²) in [6.07, 6.45) is 1.03. The molecular weight excluding hydrogens is 308 g/mol. The number of rotatable bonds is 5. The Bertz CT molecular complexity index is 495. The first-order valence-electron chi connectivity index (χ1n) is 7.67. The summed E-state index contributed by atoms with van der Waals surface area (Å²) in [4.78, 5) is 14.5. The van der Waals surface area contributed by atoms with Crippen LogP contribution < -0.4 is 5.32 Å². The van der Waals surface area contributed by atoms with Gasteiger partial charge in [-0.25, -0.2) is 0 Å². The Balaban J connectivity index is 1.60. The molecule has 1 N–H and O–H groups in total. The highest BCUT2D eigenvalue weighted by molar-refractivity contribution is 6.29. The predicted molar refractivity (Wildman–Crippen MR) is 81.2 cm³/mol. The third-order valence-corrected chi connectivity index (χ3v) is 4.50. The molecule has 1 aromatic rings. The zero-order valence-corrected chi connectivity index (χ0v) is 13.2. The molecule has 2 saturated heterocycles. The van der Waals surface area contributed by atoms with E-state index in [0.717, 1.165) is 45.9 Å². The third kappa shape index (κ3) is 3.81. The lowest BCUT2D eigenvalue weighted by Crippen LogP contribution is -2.52. The molecule has 0 aromatic carbocycles. The topological polar surface area (TPSA) is 63.9 Å². The van der Waals surface area contributed by atoms with Gasteiger partial charge in [0.15, 0.2) is 11.0 Å². The van der Waals surface area contributed by atoms with E-state index < -0.39 is 0 Å². The number of morpholine rings is 1. The number of furan rings is 1. The highest BCUT2D eigenvalue weighted by atomic mass is 35.5. The van der Waals surface area contributed by atoms with Crippen LogP contribution >= 0.6 is 11.6 Å². The van der Waals surface area contributed by atoms with Crippen molar-refractivity contribution in [3.63, 3.8) is 0 Å². The normalized spacial score (nSPS) is 24.3. The monoisotopic (exact) mass is 328 g/mol. The highest BCUT2D eigenvalue weighted by Gasteiger charge is 2.32. The number of ether oxygens (including phenoxy) is 2. The summed E-state index contributed by atoms with van der Waals surface area (Å²) in [7, 11) is 0. The van der Waals surface area contributed by atoms with Gasteiger partial charge >= 0.3 is 0 Å². The van der Waals surface area contributed by atoms with Crippen LogP contribution in [0.15, 0.2) is 16.5 Å². The molecule has 0 spiro atoms. The van der Waals surface area contributed by atoms with Crippen molar-refractivity contribution in [3.05, 3.63) is 23.1 Å². The summed E-state index contributed by atoms with van der Waals surface area (Å²) in [6, 6.07) is 3.42. The fraction of sp³-hybridized carbons (Fsp3) is 0.667. The molecule has 0 unspecified atom stereocenters. The average molecular weight is 329 g/mol. The third-order valence-electron chi connectivity index (χ3n) is 4.29. The number of nitrogens with zero attached hydrogens (tertiary/aromatic N) is 1. The van der Waals surface area contributed by atoms with Gasteiger partial charge in [-0.1, -0.05) is 0 Å². The number of halogens is 1. The lowest BCUT2D eigenvalue weighted by Gasteiger charge is -2.37. The smallest absolute Gasteiger partial charge is 0.287 e. The van der Waals surface area contributed by atoms with Crippen molar-refractivity contribution >= 4 is 17.5 Å². The molecule has 0 bridgehead atoms. The minimum atomic E-state index is -0.232. The van der Waals surface area contributed by atoms with Gasteiger partial charge in [0.05, 0.1) is 19.8 Å². The molecule has 1 amide bonds. The molecule has 0 saturated carbocycles. The SMILES string of the molecule is O=C(NC[C@H]([C@@H]1CCOC1)N1CCOCC1)c1ccc(Cl)o1. The maximum absolute atomic E-state index is 12.1. The molecule has 7 heteroatoms. The molecule has 22 heavy (non-hydrogen) atoms. The molecule has 2 fully saturated rings. The van der Waals surface area contributed by atoms with Crippen molar-refractivity contribution in [2.45, 2.75) is 12.5 Å². The minimum absolute atomic E-state index is 0.221. The fourth-order valence-corrected chi connectivity index (χ4v) is 3.23. The summed E-state index contributed by atoms with van der Waals surface area (Å²) in [5.74, 6) is 0.455. The molecule has 0 aliphatic carbocycles.